The van der Waals surface area contributed by atoms with Crippen molar-refractivity contribution in [1.29, 1.82) is 0 Å². The molecule has 0 saturated carbocycles. The van der Waals surface area contributed by atoms with Crippen LogP contribution in [0.4, 0.5) is 5.69 Å². The van der Waals surface area contributed by atoms with Crippen LogP contribution in [0.15, 0.2) is 122 Å². The van der Waals surface area contributed by atoms with Crippen molar-refractivity contribution in [3.8, 4) is 28.9 Å². The van der Waals surface area contributed by atoms with Gasteiger partial charge in [0.25, 0.3) is 11.8 Å². The predicted octanol–water partition coefficient (Wildman–Crippen LogP) is 7.70. The van der Waals surface area contributed by atoms with Crippen LogP contribution in [-0.2, 0) is 27.8 Å². The van der Waals surface area contributed by atoms with E-state index in [1.165, 1.54) is 28.9 Å². The molecule has 0 atom stereocenters. The highest BCUT2D eigenvalue weighted by Gasteiger charge is 2.26. The first-order chi connectivity index (χ1) is 24.0. The Kier molecular flexibility index (Phi) is 9.05. The number of phenolic OH excluding ortho intramolecular Hbond substituents is 2. The van der Waals surface area contributed by atoms with Crippen LogP contribution in [0.2, 0.25) is 0 Å². The molecule has 0 unspecified atom stereocenters. The third-order valence-corrected chi connectivity index (χ3v) is 8.99. The Labute approximate surface area is 290 Å². The Morgan fingerprint density at radius 2 is 1.26 bits per heavy atom. The van der Waals surface area contributed by atoms with E-state index in [-0.39, 0.29) is 35.1 Å². The highest BCUT2D eigenvalue weighted by Crippen LogP contribution is 2.37. The number of nitrogens with zero attached hydrogens (tertiary/aromatic N) is 2. The molecule has 0 bridgehead atoms. The topological polar surface area (TPSA) is 123 Å². The number of aromatic hydroxyl groups is 4. The van der Waals surface area contributed by atoms with E-state index in [0.717, 1.165) is 32.7 Å². The monoisotopic (exact) mass is 664 g/mol. The lowest BCUT2D eigenvalue weighted by Gasteiger charge is -2.27. The lowest BCUT2D eigenvalue weighted by atomic mass is 9.77. The van der Waals surface area contributed by atoms with Crippen molar-refractivity contribution in [3.05, 3.63) is 160 Å². The second-order valence-electron chi connectivity index (χ2n) is 12.7. The number of hydrogen-bond donors (Lipinski definition) is 4. The maximum absolute atomic E-state index is 11.9. The maximum atomic E-state index is 11.9. The molecule has 1 aliphatic rings. The van der Waals surface area contributed by atoms with E-state index >= 15 is 0 Å². The highest BCUT2D eigenvalue weighted by atomic mass is 16.3. The van der Waals surface area contributed by atoms with E-state index in [0.29, 0.717) is 35.3 Å². The number of amides is 2. The molecular formula is C42H36N2O6. The van der Waals surface area contributed by atoms with Gasteiger partial charge in [0.2, 0.25) is 5.88 Å². The summed E-state index contributed by atoms with van der Waals surface area (Å²) in [5.74, 6) is -0.786. The van der Waals surface area contributed by atoms with E-state index in [9.17, 15) is 30.0 Å². The minimum atomic E-state index is -0.494. The first kappa shape index (κ1) is 33.4. The molecule has 8 heteroatoms. The molecule has 2 heterocycles. The van der Waals surface area contributed by atoms with E-state index in [4.69, 9.17) is 0 Å². The Morgan fingerprint density at radius 1 is 0.700 bits per heavy atom. The zero-order valence-corrected chi connectivity index (χ0v) is 27.7. The number of carbonyl (C=O) groups is 2. The number of phenols is 2. The Morgan fingerprint density at radius 3 is 1.84 bits per heavy atom. The van der Waals surface area contributed by atoms with Gasteiger partial charge in [0.05, 0.1) is 11.4 Å². The van der Waals surface area contributed by atoms with Crippen LogP contribution in [0, 0.1) is 0 Å². The summed E-state index contributed by atoms with van der Waals surface area (Å²) in [7, 11) is 0. The molecule has 0 spiro atoms. The van der Waals surface area contributed by atoms with E-state index < -0.39 is 5.41 Å². The van der Waals surface area contributed by atoms with Crippen molar-refractivity contribution < 1.29 is 30.0 Å². The molecule has 250 valence electrons. The van der Waals surface area contributed by atoms with Gasteiger partial charge in [0, 0.05) is 34.8 Å². The number of hydrogen-bond acceptors (Lipinski definition) is 6. The van der Waals surface area contributed by atoms with Crippen LogP contribution >= 0.6 is 0 Å². The molecule has 4 N–H and O–H groups in total. The normalized spacial score (nSPS) is 12.6. The average molecular weight is 665 g/mol. The van der Waals surface area contributed by atoms with Crippen molar-refractivity contribution in [1.82, 2.24) is 4.57 Å². The maximum Gasteiger partial charge on any atom is 0.258 e. The fourth-order valence-electron chi connectivity index (χ4n) is 6.01. The van der Waals surface area contributed by atoms with Gasteiger partial charge in [-0.3, -0.25) is 14.2 Å². The third kappa shape index (κ3) is 6.61. The Bertz CT molecular complexity index is 2200. The average Bonchev–Trinajstić information content (AvgIpc) is 3.58. The number of benzene rings is 4. The fraction of sp³-hybridized carbons (Fsp3) is 0.119. The number of allylic oxidation sites excluding steroid dienone is 1. The Balaban J connectivity index is 1.14. The lowest BCUT2D eigenvalue weighted by Crippen LogP contribution is -2.29. The summed E-state index contributed by atoms with van der Waals surface area (Å²) in [6, 6.07) is 27.0. The summed E-state index contributed by atoms with van der Waals surface area (Å²) >= 11 is 0. The number of aromatic nitrogens is 1. The molecule has 0 radical (unpaired) electrons. The van der Waals surface area contributed by atoms with Crippen LogP contribution in [0.1, 0.15) is 52.8 Å². The van der Waals surface area contributed by atoms with Crippen LogP contribution in [0.3, 0.4) is 0 Å². The van der Waals surface area contributed by atoms with E-state index in [1.807, 2.05) is 56.3 Å². The first-order valence-electron chi connectivity index (χ1n) is 16.0. The van der Waals surface area contributed by atoms with Gasteiger partial charge < -0.3 is 20.4 Å². The van der Waals surface area contributed by atoms with Gasteiger partial charge >= 0.3 is 0 Å². The molecule has 0 aliphatic carbocycles. The summed E-state index contributed by atoms with van der Waals surface area (Å²) in [5.41, 5.74) is 8.96. The third-order valence-electron chi connectivity index (χ3n) is 8.99. The summed E-state index contributed by atoms with van der Waals surface area (Å²) in [6.45, 7) is 7.78. The summed E-state index contributed by atoms with van der Waals surface area (Å²) in [4.78, 5) is 25.0. The molecule has 50 heavy (non-hydrogen) atoms. The quantitative estimate of drug-likeness (QED) is 0.0690. The molecule has 8 nitrogen and oxygen atoms in total. The largest absolute Gasteiger partial charge is 0.508 e. The van der Waals surface area contributed by atoms with Crippen LogP contribution in [0.25, 0.3) is 17.8 Å². The van der Waals surface area contributed by atoms with Crippen LogP contribution in [0.5, 0.6) is 23.3 Å². The van der Waals surface area contributed by atoms with Crippen molar-refractivity contribution in [2.24, 2.45) is 0 Å². The predicted molar refractivity (Wildman–Crippen MR) is 195 cm³/mol. The van der Waals surface area contributed by atoms with Crippen LogP contribution < -0.4 is 4.90 Å². The minimum Gasteiger partial charge on any atom is -0.508 e. The van der Waals surface area contributed by atoms with Gasteiger partial charge in [-0.1, -0.05) is 68.5 Å². The molecule has 0 fully saturated rings. The van der Waals surface area contributed by atoms with Gasteiger partial charge in [0.15, 0.2) is 5.88 Å². The molecule has 6 rings (SSSR count). The zero-order chi connectivity index (χ0) is 35.6. The summed E-state index contributed by atoms with van der Waals surface area (Å²) in [6.07, 6.45) is 8.53. The van der Waals surface area contributed by atoms with Gasteiger partial charge in [0.1, 0.15) is 11.5 Å². The molecule has 2 amide bonds. The Hall–Kier alpha value is -6.50. The summed E-state index contributed by atoms with van der Waals surface area (Å²) in [5, 5.41) is 42.9. The second-order valence-corrected chi connectivity index (χ2v) is 12.7. The van der Waals surface area contributed by atoms with Gasteiger partial charge in [-0.05, 0) is 89.2 Å². The first-order valence-corrected chi connectivity index (χ1v) is 16.0. The molecule has 4 aromatic carbocycles. The van der Waals surface area contributed by atoms with Gasteiger partial charge in [-0.25, -0.2) is 4.90 Å². The fourth-order valence-corrected chi connectivity index (χ4v) is 6.01. The standard InChI is InChI=1S/C42H36N2O6/c1-4-6-29-13-15-32(25-36(29)45)42(2,3)33-16-14-30(37(46)26-33)7-5-8-31-24-40(49)44(41(31)50)35-19-11-28(12-20-35)23-27-9-17-34(18-10-27)43-38(47)21-22-39(43)48/h4,7-22,24-26,45-46,49-50H,1,6,23H2,2-3H3. The number of carbonyl (C=O) groups excluding carboxylic acids is 2. The van der Waals surface area contributed by atoms with Crippen LogP contribution in [-0.4, -0.2) is 36.8 Å². The SMILES string of the molecule is C=CCc1ccc(C(C)(C)c2ccc(C=C=Cc3cc(O)n(-c4ccc(Cc5ccc(N6C(=O)C=CC6=O)cc5)cc4)c3O)c(O)c2)cc1O. The number of rotatable bonds is 10. The van der Waals surface area contributed by atoms with Crippen molar-refractivity contribution >= 4 is 29.7 Å². The minimum absolute atomic E-state index is 0.0544. The highest BCUT2D eigenvalue weighted by molar-refractivity contribution is 6.28. The molecule has 1 aromatic heterocycles. The zero-order valence-electron chi connectivity index (χ0n) is 27.7. The molecule has 1 aliphatic heterocycles. The second kappa shape index (κ2) is 13.5. The van der Waals surface area contributed by atoms with Crippen molar-refractivity contribution in [3.63, 3.8) is 0 Å². The number of anilines is 1. The molecule has 0 saturated heterocycles. The lowest BCUT2D eigenvalue weighted by molar-refractivity contribution is -0.119. The molecular weight excluding hydrogens is 628 g/mol. The van der Waals surface area contributed by atoms with Crippen molar-refractivity contribution in [2.75, 3.05) is 4.90 Å². The van der Waals surface area contributed by atoms with Crippen molar-refractivity contribution in [2.45, 2.75) is 32.1 Å². The van der Waals surface area contributed by atoms with Gasteiger partial charge in [-0.15, -0.1) is 12.3 Å². The summed E-state index contributed by atoms with van der Waals surface area (Å²) < 4.78 is 1.32. The number of imide groups is 1. The smallest absolute Gasteiger partial charge is 0.258 e. The molecule has 5 aromatic rings. The van der Waals surface area contributed by atoms with E-state index in [2.05, 4.69) is 12.3 Å². The van der Waals surface area contributed by atoms with E-state index in [1.54, 1.807) is 54.6 Å². The van der Waals surface area contributed by atoms with Gasteiger partial charge in [-0.2, -0.15) is 0 Å².